The number of carbonyl (C=O) groups excluding carboxylic acids is 4. The van der Waals surface area contributed by atoms with Crippen LogP contribution in [-0.2, 0) is 28.7 Å². The van der Waals surface area contributed by atoms with Crippen LogP contribution in [0.1, 0.15) is 32.4 Å². The van der Waals surface area contributed by atoms with Crippen molar-refractivity contribution in [2.24, 2.45) is 10.9 Å². The SMILES string of the molecule is CCOC(=O)C1=C(C)N=c2s/c(=C\[C@H]3C(=O)NC(=S)N(c4ccc(Cl)cc4)C3=O)c(=O)n2[C@H]1c1ccc(OCC(=O)OC)c(OCC)c1. The van der Waals surface area contributed by atoms with Crippen LogP contribution >= 0.6 is 35.2 Å². The summed E-state index contributed by atoms with van der Waals surface area (Å²) < 4.78 is 22.7. The van der Waals surface area contributed by atoms with Gasteiger partial charge in [0.1, 0.15) is 5.92 Å². The number of benzene rings is 2. The van der Waals surface area contributed by atoms with Gasteiger partial charge in [0, 0.05) is 5.02 Å². The highest BCUT2D eigenvalue weighted by atomic mass is 35.5. The van der Waals surface area contributed by atoms with Crippen LogP contribution in [-0.4, -0.2) is 60.4 Å². The number of fused-ring (bicyclic) bond motifs is 1. The van der Waals surface area contributed by atoms with E-state index in [-0.39, 0.29) is 51.3 Å². The average molecular weight is 713 g/mol. The van der Waals surface area contributed by atoms with Crippen molar-refractivity contribution < 1.29 is 38.1 Å². The van der Waals surface area contributed by atoms with Crippen LogP contribution in [0.2, 0.25) is 5.02 Å². The van der Waals surface area contributed by atoms with Crippen molar-refractivity contribution in [1.29, 1.82) is 0 Å². The summed E-state index contributed by atoms with van der Waals surface area (Å²) in [7, 11) is 1.24. The zero-order valence-electron chi connectivity index (χ0n) is 26.1. The van der Waals surface area contributed by atoms with Crippen molar-refractivity contribution in [1.82, 2.24) is 9.88 Å². The minimum absolute atomic E-state index is 0.0390. The molecule has 0 unspecified atom stereocenters. The van der Waals surface area contributed by atoms with Gasteiger partial charge in [0.2, 0.25) is 11.8 Å². The zero-order chi connectivity index (χ0) is 34.7. The van der Waals surface area contributed by atoms with Crippen molar-refractivity contribution in [3.63, 3.8) is 0 Å². The van der Waals surface area contributed by atoms with Gasteiger partial charge < -0.3 is 24.3 Å². The van der Waals surface area contributed by atoms with Gasteiger partial charge in [0.15, 0.2) is 28.0 Å². The summed E-state index contributed by atoms with van der Waals surface area (Å²) in [5, 5.41) is 2.86. The number of esters is 2. The van der Waals surface area contributed by atoms with Crippen molar-refractivity contribution in [3.8, 4) is 11.5 Å². The van der Waals surface area contributed by atoms with Crippen LogP contribution in [0.3, 0.4) is 0 Å². The number of anilines is 1. The van der Waals surface area contributed by atoms with E-state index < -0.39 is 41.3 Å². The maximum Gasteiger partial charge on any atom is 0.343 e. The second-order valence-electron chi connectivity index (χ2n) is 10.3. The van der Waals surface area contributed by atoms with E-state index in [1.165, 1.54) is 17.8 Å². The standard InChI is InChI=1S/C32H29ClN4O9S2/c1-5-44-22-13-17(7-12-21(22)46-15-24(38)43-4)26-25(30(42)45-6-2)16(3)34-32-37(26)29(41)23(48-32)14-20-27(39)35-31(47)36(28(20)40)19-10-8-18(33)9-11-19/h7-14,20,26H,5-6,15H2,1-4H3,(H,35,39,47)/b23-14-/t20-,26-/m0/s1. The smallest absolute Gasteiger partial charge is 0.343 e. The number of aromatic nitrogens is 1. The van der Waals surface area contributed by atoms with E-state index in [1.54, 1.807) is 63.2 Å². The summed E-state index contributed by atoms with van der Waals surface area (Å²) in [6.07, 6.45) is 1.27. The molecule has 48 heavy (non-hydrogen) atoms. The molecule has 1 saturated heterocycles. The molecule has 0 saturated carbocycles. The lowest BCUT2D eigenvalue weighted by molar-refractivity contribution is -0.143. The summed E-state index contributed by atoms with van der Waals surface area (Å²) in [5.74, 6) is -3.57. The molecule has 0 radical (unpaired) electrons. The Hall–Kier alpha value is -4.86. The molecular formula is C32H29ClN4O9S2. The molecule has 1 N–H and O–H groups in total. The fourth-order valence-electron chi connectivity index (χ4n) is 5.12. The number of nitrogens with one attached hydrogen (secondary N) is 1. The van der Waals surface area contributed by atoms with E-state index in [9.17, 15) is 24.0 Å². The first kappa shape index (κ1) is 34.5. The van der Waals surface area contributed by atoms with E-state index in [2.05, 4.69) is 15.0 Å². The molecule has 1 aromatic heterocycles. The number of carbonyl (C=O) groups is 4. The molecule has 2 aromatic carbocycles. The molecule has 2 atom stereocenters. The molecule has 2 aliphatic rings. The number of halogens is 1. The van der Waals surface area contributed by atoms with Crippen molar-refractivity contribution >= 4 is 75.8 Å². The number of hydrogen-bond donors (Lipinski definition) is 1. The highest BCUT2D eigenvalue weighted by Crippen LogP contribution is 2.36. The van der Waals surface area contributed by atoms with Crippen molar-refractivity contribution in [3.05, 3.63) is 84.0 Å². The van der Waals surface area contributed by atoms with E-state index >= 15 is 0 Å². The van der Waals surface area contributed by atoms with Crippen LogP contribution in [0.4, 0.5) is 5.69 Å². The van der Waals surface area contributed by atoms with Gasteiger partial charge in [-0.05, 0) is 81.0 Å². The van der Waals surface area contributed by atoms with Gasteiger partial charge >= 0.3 is 11.9 Å². The van der Waals surface area contributed by atoms with Gasteiger partial charge in [-0.1, -0.05) is 29.0 Å². The molecule has 2 amide bonds. The third-order valence-corrected chi connectivity index (χ3v) is 8.82. The van der Waals surface area contributed by atoms with E-state index in [0.717, 1.165) is 16.2 Å². The largest absolute Gasteiger partial charge is 0.490 e. The summed E-state index contributed by atoms with van der Waals surface area (Å²) in [6, 6.07) is 10.1. The van der Waals surface area contributed by atoms with Gasteiger partial charge in [-0.3, -0.25) is 23.9 Å². The van der Waals surface area contributed by atoms with Gasteiger partial charge in [0.25, 0.3) is 5.56 Å². The highest BCUT2D eigenvalue weighted by molar-refractivity contribution is 7.80. The molecule has 0 spiro atoms. The Morgan fingerprint density at radius 3 is 2.46 bits per heavy atom. The molecule has 13 nitrogen and oxygen atoms in total. The van der Waals surface area contributed by atoms with Gasteiger partial charge in [0.05, 0.1) is 47.9 Å². The van der Waals surface area contributed by atoms with Crippen LogP contribution in [0.15, 0.2) is 63.5 Å². The van der Waals surface area contributed by atoms with Crippen LogP contribution < -0.4 is 34.6 Å². The topological polar surface area (TPSA) is 155 Å². The first-order valence-electron chi connectivity index (χ1n) is 14.6. The van der Waals surface area contributed by atoms with Crippen molar-refractivity contribution in [2.75, 3.05) is 31.8 Å². The number of amides is 2. The summed E-state index contributed by atoms with van der Waals surface area (Å²) in [4.78, 5) is 71.8. The molecule has 2 aliphatic heterocycles. The van der Waals surface area contributed by atoms with E-state index in [4.69, 9.17) is 38.0 Å². The monoisotopic (exact) mass is 712 g/mol. The highest BCUT2D eigenvalue weighted by Gasteiger charge is 2.39. The lowest BCUT2D eigenvalue weighted by Gasteiger charge is -2.31. The average Bonchev–Trinajstić information content (AvgIpc) is 3.36. The quantitative estimate of drug-likeness (QED) is 0.188. The number of thiocarbonyl (C=S) groups is 1. The second-order valence-corrected chi connectivity index (χ2v) is 12.1. The molecule has 5 rings (SSSR count). The van der Waals surface area contributed by atoms with Gasteiger partial charge in [-0.25, -0.2) is 14.6 Å². The number of thiazole rings is 1. The lowest BCUT2D eigenvalue weighted by Crippen LogP contribution is -2.58. The third kappa shape index (κ3) is 6.74. The number of ether oxygens (including phenoxy) is 4. The fourth-order valence-corrected chi connectivity index (χ4v) is 6.60. The van der Waals surface area contributed by atoms with Crippen molar-refractivity contribution in [2.45, 2.75) is 26.8 Å². The number of nitrogens with zero attached hydrogens (tertiary/aromatic N) is 3. The van der Waals surface area contributed by atoms with Crippen LogP contribution in [0.25, 0.3) is 6.08 Å². The molecule has 16 heteroatoms. The Labute approximate surface area is 288 Å². The molecule has 250 valence electrons. The predicted octanol–water partition coefficient (Wildman–Crippen LogP) is 2.42. The fraction of sp³-hybridized carbons (Fsp3) is 0.281. The minimum Gasteiger partial charge on any atom is -0.490 e. The summed E-state index contributed by atoms with van der Waals surface area (Å²) in [6.45, 7) is 4.99. The number of hydrogen-bond acceptors (Lipinski definition) is 12. The number of methoxy groups -OCH3 is 1. The Bertz CT molecular complexity index is 2040. The molecule has 3 heterocycles. The first-order chi connectivity index (χ1) is 23.0. The van der Waals surface area contributed by atoms with Crippen LogP contribution in [0, 0.1) is 5.92 Å². The minimum atomic E-state index is -1.41. The Morgan fingerprint density at radius 2 is 1.79 bits per heavy atom. The molecule has 1 fully saturated rings. The van der Waals surface area contributed by atoms with Crippen LogP contribution in [0.5, 0.6) is 11.5 Å². The zero-order valence-corrected chi connectivity index (χ0v) is 28.5. The van der Waals surface area contributed by atoms with E-state index in [1.807, 2.05) is 0 Å². The van der Waals surface area contributed by atoms with Gasteiger partial charge in [-0.2, -0.15) is 0 Å². The maximum absolute atomic E-state index is 14.2. The lowest BCUT2D eigenvalue weighted by atomic mass is 9.95. The maximum atomic E-state index is 14.2. The Morgan fingerprint density at radius 1 is 1.06 bits per heavy atom. The number of rotatable bonds is 10. The Kier molecular flexibility index (Phi) is 10.4. The first-order valence-corrected chi connectivity index (χ1v) is 16.2. The Balaban J connectivity index is 1.63. The summed E-state index contributed by atoms with van der Waals surface area (Å²) >= 11 is 12.2. The molecular weight excluding hydrogens is 684 g/mol. The predicted molar refractivity (Wildman–Crippen MR) is 180 cm³/mol. The third-order valence-electron chi connectivity index (χ3n) is 7.28. The molecule has 0 aliphatic carbocycles. The summed E-state index contributed by atoms with van der Waals surface area (Å²) in [5.41, 5.74) is 0.634. The van der Waals surface area contributed by atoms with E-state index in [0.29, 0.717) is 22.0 Å². The number of allylic oxidation sites excluding steroid dienone is 1. The van der Waals surface area contributed by atoms with Gasteiger partial charge in [-0.15, -0.1) is 0 Å². The normalized spacial score (nSPS) is 17.8. The molecule has 3 aromatic rings. The second kappa shape index (κ2) is 14.5. The molecule has 0 bridgehead atoms.